The molecule has 1 fully saturated rings. The SMILES string of the molecule is Cc1nc(C(C)c2cc(Cl)c(F)c(C(=O)Nc3cccc(N4CCNCC4)c3)c2OC(C)C)n2ccnc(N)c12. The van der Waals surface area contributed by atoms with Crippen molar-refractivity contribution in [2.24, 2.45) is 0 Å². The van der Waals surface area contributed by atoms with Crippen LogP contribution in [0.2, 0.25) is 5.02 Å². The minimum absolute atomic E-state index is 0.122. The molecule has 0 radical (unpaired) electrons. The quantitative estimate of drug-likeness (QED) is 0.289. The lowest BCUT2D eigenvalue weighted by atomic mass is 9.95. The molecule has 4 N–H and O–H groups in total. The van der Waals surface area contributed by atoms with E-state index in [2.05, 4.69) is 20.5 Å². The topological polar surface area (TPSA) is 110 Å². The maximum Gasteiger partial charge on any atom is 0.262 e. The van der Waals surface area contributed by atoms with Crippen molar-refractivity contribution in [2.45, 2.75) is 39.7 Å². The number of carbonyl (C=O) groups excluding carboxylic acids is 1. The molecule has 1 unspecified atom stereocenters. The van der Waals surface area contributed by atoms with Crippen molar-refractivity contribution in [2.75, 3.05) is 42.1 Å². The van der Waals surface area contributed by atoms with Gasteiger partial charge in [0.2, 0.25) is 0 Å². The van der Waals surface area contributed by atoms with Gasteiger partial charge >= 0.3 is 0 Å². The van der Waals surface area contributed by atoms with E-state index in [4.69, 9.17) is 27.1 Å². The van der Waals surface area contributed by atoms with Gasteiger partial charge in [-0.25, -0.2) is 14.4 Å². The van der Waals surface area contributed by atoms with Gasteiger partial charge in [0.25, 0.3) is 5.91 Å². The van der Waals surface area contributed by atoms with Gasteiger partial charge in [-0.2, -0.15) is 0 Å². The summed E-state index contributed by atoms with van der Waals surface area (Å²) in [5.41, 5.74) is 9.31. The average Bonchev–Trinajstić information content (AvgIpc) is 3.28. The number of nitrogens with zero attached hydrogens (tertiary/aromatic N) is 4. The first-order valence-corrected chi connectivity index (χ1v) is 13.7. The van der Waals surface area contributed by atoms with Crippen LogP contribution in [0.15, 0.2) is 42.7 Å². The highest BCUT2D eigenvalue weighted by molar-refractivity contribution is 6.31. The van der Waals surface area contributed by atoms with E-state index >= 15 is 4.39 Å². The Hall–Kier alpha value is -3.89. The molecule has 0 saturated carbocycles. The molecule has 3 heterocycles. The fourth-order valence-electron chi connectivity index (χ4n) is 5.13. The number of hydrogen-bond acceptors (Lipinski definition) is 7. The molecule has 0 aliphatic carbocycles. The normalized spacial score (nSPS) is 14.5. The van der Waals surface area contributed by atoms with E-state index in [1.165, 1.54) is 6.07 Å². The fraction of sp³-hybridized carbons (Fsp3) is 0.345. The average molecular weight is 566 g/mol. The number of nitrogens with one attached hydrogen (secondary N) is 2. The predicted molar refractivity (Wildman–Crippen MR) is 156 cm³/mol. The molecule has 11 heteroatoms. The van der Waals surface area contributed by atoms with Crippen LogP contribution >= 0.6 is 11.6 Å². The molecule has 5 rings (SSSR count). The summed E-state index contributed by atoms with van der Waals surface area (Å²) < 4.78 is 23.6. The molecule has 1 amide bonds. The van der Waals surface area contributed by atoms with Crippen LogP contribution in [0.5, 0.6) is 5.75 Å². The monoisotopic (exact) mass is 565 g/mol. The third-order valence-corrected chi connectivity index (χ3v) is 7.28. The van der Waals surface area contributed by atoms with Crippen LogP contribution in [0.4, 0.5) is 21.6 Å². The number of aromatic nitrogens is 3. The van der Waals surface area contributed by atoms with E-state index in [0.717, 1.165) is 31.9 Å². The molecule has 1 aliphatic rings. The number of piperazine rings is 1. The zero-order valence-corrected chi connectivity index (χ0v) is 23.7. The Bertz CT molecular complexity index is 1570. The van der Waals surface area contributed by atoms with Crippen molar-refractivity contribution < 1.29 is 13.9 Å². The first-order valence-electron chi connectivity index (χ1n) is 13.3. The Morgan fingerprint density at radius 3 is 2.70 bits per heavy atom. The molecule has 4 aromatic rings. The maximum atomic E-state index is 15.7. The van der Waals surface area contributed by atoms with Crippen molar-refractivity contribution in [3.8, 4) is 5.75 Å². The van der Waals surface area contributed by atoms with Gasteiger partial charge in [0, 0.05) is 61.4 Å². The predicted octanol–water partition coefficient (Wildman–Crippen LogP) is 5.01. The number of fused-ring (bicyclic) bond motifs is 1. The molecule has 2 aromatic heterocycles. The van der Waals surface area contributed by atoms with Gasteiger partial charge < -0.3 is 26.0 Å². The van der Waals surface area contributed by atoms with Crippen LogP contribution in [-0.4, -0.2) is 52.6 Å². The number of hydrogen-bond donors (Lipinski definition) is 3. The number of benzene rings is 2. The van der Waals surface area contributed by atoms with Gasteiger partial charge in [-0.05, 0) is 45.0 Å². The molecular formula is C29H33ClFN7O2. The van der Waals surface area contributed by atoms with Crippen LogP contribution in [0.25, 0.3) is 5.52 Å². The summed E-state index contributed by atoms with van der Waals surface area (Å²) in [6.07, 6.45) is 3.02. The zero-order valence-electron chi connectivity index (χ0n) is 23.0. The minimum atomic E-state index is -0.846. The van der Waals surface area contributed by atoms with E-state index in [-0.39, 0.29) is 22.4 Å². The first kappa shape index (κ1) is 27.7. The smallest absolute Gasteiger partial charge is 0.262 e. The van der Waals surface area contributed by atoms with Gasteiger partial charge in [0.05, 0.1) is 16.8 Å². The lowest BCUT2D eigenvalue weighted by Crippen LogP contribution is -2.43. The highest BCUT2D eigenvalue weighted by atomic mass is 35.5. The number of anilines is 3. The number of imidazole rings is 1. The van der Waals surface area contributed by atoms with Gasteiger partial charge in [0.1, 0.15) is 28.5 Å². The maximum absolute atomic E-state index is 15.7. The largest absolute Gasteiger partial charge is 0.490 e. The van der Waals surface area contributed by atoms with Crippen LogP contribution in [0, 0.1) is 12.7 Å². The Morgan fingerprint density at radius 1 is 1.23 bits per heavy atom. The minimum Gasteiger partial charge on any atom is -0.490 e. The van der Waals surface area contributed by atoms with Crippen molar-refractivity contribution in [1.29, 1.82) is 0 Å². The van der Waals surface area contributed by atoms with Crippen molar-refractivity contribution in [1.82, 2.24) is 19.7 Å². The number of amides is 1. The number of aryl methyl sites for hydroxylation is 1. The zero-order chi connectivity index (χ0) is 28.6. The number of rotatable bonds is 7. The Kier molecular flexibility index (Phi) is 7.82. The molecule has 9 nitrogen and oxygen atoms in total. The first-order chi connectivity index (χ1) is 19.2. The number of ether oxygens (including phenoxy) is 1. The van der Waals surface area contributed by atoms with Gasteiger partial charge in [-0.3, -0.25) is 9.20 Å². The van der Waals surface area contributed by atoms with Crippen LogP contribution < -0.4 is 26.0 Å². The highest BCUT2D eigenvalue weighted by Crippen LogP contribution is 2.40. The standard InChI is InChI=1S/C29H33ClFN7O2/c1-16(2)40-26-21(17(3)28-35-18(4)25-27(32)34-10-13-38(25)28)15-22(30)24(31)23(26)29(39)36-19-6-5-7-20(14-19)37-11-8-33-9-12-37/h5-7,10,13-17,33H,8-9,11-12H2,1-4H3,(H2,32,34)(H,36,39). The lowest BCUT2D eigenvalue weighted by molar-refractivity contribution is 0.101. The molecule has 1 atom stereocenters. The molecule has 1 aliphatic heterocycles. The van der Waals surface area contributed by atoms with Crippen molar-refractivity contribution in [3.63, 3.8) is 0 Å². The Labute approximate surface area is 237 Å². The second kappa shape index (κ2) is 11.3. The summed E-state index contributed by atoms with van der Waals surface area (Å²) >= 11 is 6.40. The molecule has 40 heavy (non-hydrogen) atoms. The van der Waals surface area contributed by atoms with Crippen LogP contribution in [0.3, 0.4) is 0 Å². The third kappa shape index (κ3) is 5.29. The van der Waals surface area contributed by atoms with E-state index in [0.29, 0.717) is 34.1 Å². The molecule has 0 spiro atoms. The Morgan fingerprint density at radius 2 is 1.98 bits per heavy atom. The number of carbonyl (C=O) groups is 1. The molecule has 0 bridgehead atoms. The third-order valence-electron chi connectivity index (χ3n) is 7.01. The number of nitrogens with two attached hydrogens (primary N) is 1. The van der Waals surface area contributed by atoms with E-state index in [1.807, 2.05) is 50.3 Å². The second-order valence-corrected chi connectivity index (χ2v) is 10.6. The van der Waals surface area contributed by atoms with Gasteiger partial charge in [-0.1, -0.05) is 24.6 Å². The van der Waals surface area contributed by atoms with Crippen LogP contribution in [-0.2, 0) is 0 Å². The highest BCUT2D eigenvalue weighted by Gasteiger charge is 2.30. The molecular weight excluding hydrogens is 533 g/mol. The number of nitrogen functional groups attached to an aromatic ring is 1. The molecule has 1 saturated heterocycles. The summed E-state index contributed by atoms with van der Waals surface area (Å²) in [5.74, 6) is -0.826. The summed E-state index contributed by atoms with van der Waals surface area (Å²) in [7, 11) is 0. The van der Waals surface area contributed by atoms with E-state index < -0.39 is 17.6 Å². The summed E-state index contributed by atoms with van der Waals surface area (Å²) in [6, 6.07) is 9.02. The summed E-state index contributed by atoms with van der Waals surface area (Å²) in [5, 5.41) is 6.01. The summed E-state index contributed by atoms with van der Waals surface area (Å²) in [6.45, 7) is 10.9. The van der Waals surface area contributed by atoms with Gasteiger partial charge in [0.15, 0.2) is 5.82 Å². The molecule has 2 aromatic carbocycles. The molecule has 210 valence electrons. The van der Waals surface area contributed by atoms with Gasteiger partial charge in [-0.15, -0.1) is 0 Å². The van der Waals surface area contributed by atoms with Crippen molar-refractivity contribution in [3.05, 3.63) is 76.2 Å². The van der Waals surface area contributed by atoms with E-state index in [9.17, 15) is 4.79 Å². The Balaban J connectivity index is 1.57. The van der Waals surface area contributed by atoms with E-state index in [1.54, 1.807) is 18.5 Å². The lowest BCUT2D eigenvalue weighted by Gasteiger charge is -2.29. The van der Waals surface area contributed by atoms with Crippen molar-refractivity contribution >= 4 is 40.2 Å². The second-order valence-electron chi connectivity index (χ2n) is 10.2. The summed E-state index contributed by atoms with van der Waals surface area (Å²) in [4.78, 5) is 24.8. The fourth-order valence-corrected chi connectivity index (χ4v) is 5.34. The van der Waals surface area contributed by atoms with Crippen LogP contribution in [0.1, 0.15) is 54.1 Å². The number of halogens is 2.